The molecule has 0 radical (unpaired) electrons. The lowest BCUT2D eigenvalue weighted by atomic mass is 9.91. The van der Waals surface area contributed by atoms with E-state index in [1.807, 2.05) is 6.20 Å². The van der Waals surface area contributed by atoms with Crippen LogP contribution in [0.25, 0.3) is 43.6 Å². The Balaban J connectivity index is 1.43. The fraction of sp³-hybridized carbons (Fsp3) is 0.0556. The van der Waals surface area contributed by atoms with Gasteiger partial charge in [-0.1, -0.05) is 104 Å². The molecule has 0 saturated heterocycles. The molecule has 0 saturated carbocycles. The molecule has 1 aliphatic heterocycles. The minimum absolute atomic E-state index is 0.961. The summed E-state index contributed by atoms with van der Waals surface area (Å²) in [6.07, 6.45) is 3.56. The van der Waals surface area contributed by atoms with Crippen molar-refractivity contribution in [2.45, 2.75) is 13.1 Å². The van der Waals surface area contributed by atoms with Crippen molar-refractivity contribution in [2.75, 3.05) is 4.90 Å². The molecule has 1 aromatic heterocycles. The molecule has 0 fully saturated rings. The molecule has 2 heterocycles. The van der Waals surface area contributed by atoms with Gasteiger partial charge in [-0.2, -0.15) is 0 Å². The summed E-state index contributed by atoms with van der Waals surface area (Å²) in [5.41, 5.74) is 7.16. The van der Waals surface area contributed by atoms with E-state index in [1.165, 1.54) is 60.1 Å². The maximum Gasteiger partial charge on any atom is 0.117 e. The monoisotopic (exact) mass is 529 g/mol. The van der Waals surface area contributed by atoms with Crippen LogP contribution in [0.3, 0.4) is 0 Å². The first-order valence-electron chi connectivity index (χ1n) is 13.8. The van der Waals surface area contributed by atoms with Crippen LogP contribution in [-0.4, -0.2) is 18.0 Å². The van der Waals surface area contributed by atoms with Crippen molar-refractivity contribution in [1.29, 1.82) is 0 Å². The lowest BCUT2D eigenvalue weighted by Gasteiger charge is -2.41. The highest BCUT2D eigenvalue weighted by atomic mass is 28.3. The Labute approximate surface area is 234 Å². The number of nitrogens with zero attached hydrogens (tertiary/aromatic N) is 3. The molecular weight excluding hydrogens is 503 g/mol. The molecule has 190 valence electrons. The number of benzene rings is 6. The van der Waals surface area contributed by atoms with Crippen LogP contribution >= 0.6 is 0 Å². The summed E-state index contributed by atoms with van der Waals surface area (Å²) in [6, 6.07) is 42.2. The summed E-state index contributed by atoms with van der Waals surface area (Å²) >= 11 is 0. The summed E-state index contributed by atoms with van der Waals surface area (Å²) in [5, 5.41) is 8.88. The van der Waals surface area contributed by atoms with Gasteiger partial charge in [0.2, 0.25) is 0 Å². The van der Waals surface area contributed by atoms with Crippen molar-refractivity contribution in [2.24, 2.45) is 0 Å². The topological polar surface area (TPSA) is 29.0 Å². The van der Waals surface area contributed by atoms with Crippen LogP contribution in [0, 0.1) is 0 Å². The van der Waals surface area contributed by atoms with Gasteiger partial charge < -0.3 is 4.90 Å². The molecule has 0 spiro atoms. The zero-order chi connectivity index (χ0) is 26.8. The van der Waals surface area contributed by atoms with E-state index >= 15 is 0 Å². The quantitative estimate of drug-likeness (QED) is 0.167. The van der Waals surface area contributed by atoms with Crippen LogP contribution in [0.1, 0.15) is 0 Å². The number of anilines is 3. The Bertz CT molecular complexity index is 2060. The van der Waals surface area contributed by atoms with Gasteiger partial charge >= 0.3 is 0 Å². The van der Waals surface area contributed by atoms with Crippen LogP contribution in [0.15, 0.2) is 128 Å². The van der Waals surface area contributed by atoms with E-state index in [2.05, 4.69) is 143 Å². The normalized spacial score (nSPS) is 13.9. The third-order valence-corrected chi connectivity index (χ3v) is 12.1. The van der Waals surface area contributed by atoms with E-state index in [1.54, 1.807) is 6.33 Å². The van der Waals surface area contributed by atoms with Gasteiger partial charge in [0.15, 0.2) is 0 Å². The Morgan fingerprint density at radius 1 is 0.525 bits per heavy atom. The Morgan fingerprint density at radius 2 is 1.10 bits per heavy atom. The summed E-state index contributed by atoms with van der Waals surface area (Å²) in [6.45, 7) is 4.94. The van der Waals surface area contributed by atoms with Crippen molar-refractivity contribution in [3.63, 3.8) is 0 Å². The van der Waals surface area contributed by atoms with Gasteiger partial charge in [0.05, 0.1) is 11.2 Å². The largest absolute Gasteiger partial charge is 0.310 e. The zero-order valence-corrected chi connectivity index (χ0v) is 23.5. The number of para-hydroxylation sites is 2. The van der Waals surface area contributed by atoms with Gasteiger partial charge in [0.1, 0.15) is 14.4 Å². The predicted octanol–water partition coefficient (Wildman–Crippen LogP) is 8.21. The molecule has 0 atom stereocenters. The van der Waals surface area contributed by atoms with Gasteiger partial charge in [-0.3, -0.25) is 0 Å². The van der Waals surface area contributed by atoms with Crippen LogP contribution in [0.4, 0.5) is 17.1 Å². The van der Waals surface area contributed by atoms with Gasteiger partial charge in [0.25, 0.3) is 0 Å². The first-order chi connectivity index (χ1) is 19.6. The maximum atomic E-state index is 4.64. The predicted molar refractivity (Wildman–Crippen MR) is 171 cm³/mol. The molecule has 0 unspecified atom stereocenters. The van der Waals surface area contributed by atoms with E-state index in [-0.39, 0.29) is 0 Å². The van der Waals surface area contributed by atoms with Crippen molar-refractivity contribution < 1.29 is 0 Å². The van der Waals surface area contributed by atoms with Gasteiger partial charge in [-0.05, 0) is 61.9 Å². The lowest BCUT2D eigenvalue weighted by Crippen LogP contribution is -2.58. The molecule has 0 bridgehead atoms. The van der Waals surface area contributed by atoms with E-state index < -0.39 is 8.07 Å². The standard InChI is InChI=1S/C36H27N3Si/c1-40(2)35-17-9-7-15-33(35)39(34-16-8-10-18-36(34)40)32-20-19-27(24-11-5-6-14-28(24)32)29-21-31-30(22-37-23-38-31)26-13-4-3-12-25(26)29/h3-23H,1-2H3. The second kappa shape index (κ2) is 8.60. The van der Waals surface area contributed by atoms with E-state index in [9.17, 15) is 0 Å². The van der Waals surface area contributed by atoms with Gasteiger partial charge in [0, 0.05) is 28.3 Å². The second-order valence-electron chi connectivity index (χ2n) is 11.1. The SMILES string of the molecule is C[Si]1(C)c2ccccc2N(c2ccc(-c3cc4ncncc4c4ccccc34)c3ccccc23)c2ccccc21. The molecule has 6 aromatic carbocycles. The van der Waals surface area contributed by atoms with Gasteiger partial charge in [-0.15, -0.1) is 0 Å². The smallest absolute Gasteiger partial charge is 0.117 e. The Hall–Kier alpha value is -4.80. The fourth-order valence-electron chi connectivity index (χ4n) is 6.69. The molecule has 0 amide bonds. The number of fused-ring (bicyclic) bond motifs is 6. The third-order valence-electron chi connectivity index (χ3n) is 8.60. The molecule has 3 nitrogen and oxygen atoms in total. The average Bonchev–Trinajstić information content (AvgIpc) is 3.01. The van der Waals surface area contributed by atoms with Crippen LogP contribution in [0.5, 0.6) is 0 Å². The lowest BCUT2D eigenvalue weighted by molar-refractivity contribution is 1.23. The maximum absolute atomic E-state index is 4.64. The molecule has 40 heavy (non-hydrogen) atoms. The highest BCUT2D eigenvalue weighted by molar-refractivity contribution is 7.02. The number of aromatic nitrogens is 2. The van der Waals surface area contributed by atoms with E-state index in [0.29, 0.717) is 0 Å². The van der Waals surface area contributed by atoms with Crippen molar-refractivity contribution >= 4 is 68.0 Å². The fourth-order valence-corrected chi connectivity index (χ4v) is 9.68. The number of hydrogen-bond acceptors (Lipinski definition) is 3. The first kappa shape index (κ1) is 23.1. The van der Waals surface area contributed by atoms with Crippen molar-refractivity contribution in [3.8, 4) is 11.1 Å². The number of rotatable bonds is 2. The van der Waals surface area contributed by atoms with Crippen LogP contribution < -0.4 is 15.3 Å². The summed E-state index contributed by atoms with van der Waals surface area (Å²) in [5.74, 6) is 0. The molecule has 0 N–H and O–H groups in total. The van der Waals surface area contributed by atoms with Gasteiger partial charge in [-0.25, -0.2) is 9.97 Å². The molecular formula is C36H27N3Si. The zero-order valence-electron chi connectivity index (χ0n) is 22.5. The molecule has 1 aliphatic rings. The highest BCUT2D eigenvalue weighted by Crippen LogP contribution is 2.45. The summed E-state index contributed by atoms with van der Waals surface area (Å²) < 4.78 is 0. The minimum atomic E-state index is -1.85. The Kier molecular flexibility index (Phi) is 4.97. The van der Waals surface area contributed by atoms with Crippen LogP contribution in [-0.2, 0) is 0 Å². The van der Waals surface area contributed by atoms with E-state index in [4.69, 9.17) is 0 Å². The molecule has 0 aliphatic carbocycles. The number of hydrogen-bond donors (Lipinski definition) is 0. The first-order valence-corrected chi connectivity index (χ1v) is 16.8. The third kappa shape index (κ3) is 3.23. The van der Waals surface area contributed by atoms with Crippen molar-refractivity contribution in [1.82, 2.24) is 9.97 Å². The molecule has 7 aromatic rings. The molecule has 8 rings (SSSR count). The van der Waals surface area contributed by atoms with E-state index in [0.717, 1.165) is 10.9 Å². The summed E-state index contributed by atoms with van der Waals surface area (Å²) in [7, 11) is -1.85. The minimum Gasteiger partial charge on any atom is -0.310 e. The Morgan fingerprint density at radius 3 is 1.80 bits per heavy atom. The van der Waals surface area contributed by atoms with Crippen molar-refractivity contribution in [3.05, 3.63) is 128 Å². The van der Waals surface area contributed by atoms with Crippen LogP contribution in [0.2, 0.25) is 13.1 Å². The molecule has 4 heteroatoms. The highest BCUT2D eigenvalue weighted by Gasteiger charge is 2.38. The summed E-state index contributed by atoms with van der Waals surface area (Å²) in [4.78, 5) is 11.4. The second-order valence-corrected chi connectivity index (χ2v) is 15.4. The average molecular weight is 530 g/mol.